The molecule has 2 aliphatic rings. The van der Waals surface area contributed by atoms with Crippen molar-refractivity contribution in [1.29, 1.82) is 0 Å². The SMILES string of the molecule is CCC1CCCC(OC(CC)CNC2CC2)C1. The zero-order valence-electron chi connectivity index (χ0n) is 11.6. The maximum absolute atomic E-state index is 6.29. The van der Waals surface area contributed by atoms with Crippen LogP contribution in [-0.4, -0.2) is 24.8 Å². The largest absolute Gasteiger partial charge is 0.374 e. The van der Waals surface area contributed by atoms with E-state index in [0.717, 1.165) is 24.9 Å². The molecule has 0 aromatic carbocycles. The topological polar surface area (TPSA) is 21.3 Å². The highest BCUT2D eigenvalue weighted by atomic mass is 16.5. The molecule has 0 amide bonds. The predicted molar refractivity (Wildman–Crippen MR) is 72.2 cm³/mol. The highest BCUT2D eigenvalue weighted by Gasteiger charge is 2.25. The smallest absolute Gasteiger partial charge is 0.0700 e. The van der Waals surface area contributed by atoms with Gasteiger partial charge in [-0.2, -0.15) is 0 Å². The maximum Gasteiger partial charge on any atom is 0.0700 e. The van der Waals surface area contributed by atoms with Gasteiger partial charge in [0.1, 0.15) is 0 Å². The molecule has 0 heterocycles. The van der Waals surface area contributed by atoms with E-state index >= 15 is 0 Å². The van der Waals surface area contributed by atoms with Gasteiger partial charge in [-0.25, -0.2) is 0 Å². The molecule has 0 aromatic heterocycles. The molecule has 17 heavy (non-hydrogen) atoms. The molecule has 0 spiro atoms. The second-order valence-corrected chi connectivity index (χ2v) is 5.91. The lowest BCUT2D eigenvalue weighted by Gasteiger charge is -2.31. The molecule has 100 valence electrons. The van der Waals surface area contributed by atoms with Crippen molar-refractivity contribution in [2.75, 3.05) is 6.54 Å². The molecule has 2 fully saturated rings. The normalized spacial score (nSPS) is 31.4. The summed E-state index contributed by atoms with van der Waals surface area (Å²) in [5.41, 5.74) is 0. The van der Waals surface area contributed by atoms with Gasteiger partial charge in [0, 0.05) is 12.6 Å². The molecule has 0 aromatic rings. The van der Waals surface area contributed by atoms with Gasteiger partial charge in [-0.05, 0) is 38.0 Å². The fourth-order valence-corrected chi connectivity index (χ4v) is 2.88. The summed E-state index contributed by atoms with van der Waals surface area (Å²) >= 11 is 0. The van der Waals surface area contributed by atoms with Crippen LogP contribution in [-0.2, 0) is 4.74 Å². The summed E-state index contributed by atoms with van der Waals surface area (Å²) in [7, 11) is 0. The second-order valence-electron chi connectivity index (χ2n) is 5.91. The molecule has 3 atom stereocenters. The minimum absolute atomic E-state index is 0.441. The fraction of sp³-hybridized carbons (Fsp3) is 1.00. The molecule has 0 aliphatic heterocycles. The summed E-state index contributed by atoms with van der Waals surface area (Å²) in [6, 6.07) is 0.808. The molecule has 2 nitrogen and oxygen atoms in total. The van der Waals surface area contributed by atoms with Gasteiger partial charge in [0.25, 0.3) is 0 Å². The fourth-order valence-electron chi connectivity index (χ4n) is 2.88. The Morgan fingerprint density at radius 1 is 1.18 bits per heavy atom. The third kappa shape index (κ3) is 4.59. The van der Waals surface area contributed by atoms with E-state index in [1.54, 1.807) is 0 Å². The van der Waals surface area contributed by atoms with Crippen LogP contribution in [0.25, 0.3) is 0 Å². The monoisotopic (exact) mass is 239 g/mol. The van der Waals surface area contributed by atoms with Crippen molar-refractivity contribution in [3.63, 3.8) is 0 Å². The van der Waals surface area contributed by atoms with E-state index in [4.69, 9.17) is 4.74 Å². The van der Waals surface area contributed by atoms with Crippen LogP contribution in [0.4, 0.5) is 0 Å². The third-order valence-corrected chi connectivity index (χ3v) is 4.36. The molecular formula is C15H29NO. The molecule has 2 aliphatic carbocycles. The lowest BCUT2D eigenvalue weighted by atomic mass is 9.85. The number of nitrogens with one attached hydrogen (secondary N) is 1. The van der Waals surface area contributed by atoms with Gasteiger partial charge >= 0.3 is 0 Å². The average Bonchev–Trinajstić information content (AvgIpc) is 3.18. The minimum Gasteiger partial charge on any atom is -0.374 e. The maximum atomic E-state index is 6.29. The van der Waals surface area contributed by atoms with Crippen molar-refractivity contribution >= 4 is 0 Å². The summed E-state index contributed by atoms with van der Waals surface area (Å²) in [6.45, 7) is 5.63. The Balaban J connectivity index is 1.68. The van der Waals surface area contributed by atoms with Crippen LogP contribution in [0.2, 0.25) is 0 Å². The van der Waals surface area contributed by atoms with Crippen molar-refractivity contribution in [2.45, 2.75) is 83.5 Å². The van der Waals surface area contributed by atoms with Crippen molar-refractivity contribution in [3.8, 4) is 0 Å². The highest BCUT2D eigenvalue weighted by molar-refractivity contribution is 4.82. The first-order valence-electron chi connectivity index (χ1n) is 7.70. The molecule has 0 saturated heterocycles. The Morgan fingerprint density at radius 3 is 2.65 bits per heavy atom. The van der Waals surface area contributed by atoms with Gasteiger partial charge in [-0.15, -0.1) is 0 Å². The first kappa shape index (κ1) is 13.4. The summed E-state index contributed by atoms with van der Waals surface area (Å²) in [5.74, 6) is 0.919. The van der Waals surface area contributed by atoms with Crippen LogP contribution in [0.5, 0.6) is 0 Å². The highest BCUT2D eigenvalue weighted by Crippen LogP contribution is 2.29. The second kappa shape index (κ2) is 6.75. The van der Waals surface area contributed by atoms with Gasteiger partial charge in [0.05, 0.1) is 12.2 Å². The molecule has 2 rings (SSSR count). The Bertz CT molecular complexity index is 215. The molecule has 0 radical (unpaired) electrons. The summed E-state index contributed by atoms with van der Waals surface area (Å²) < 4.78 is 6.29. The molecule has 1 N–H and O–H groups in total. The summed E-state index contributed by atoms with van der Waals surface area (Å²) in [6.07, 6.45) is 11.6. The zero-order valence-corrected chi connectivity index (χ0v) is 11.6. The van der Waals surface area contributed by atoms with E-state index in [2.05, 4.69) is 19.2 Å². The van der Waals surface area contributed by atoms with Crippen molar-refractivity contribution in [2.24, 2.45) is 5.92 Å². The number of ether oxygens (including phenoxy) is 1. The first-order valence-corrected chi connectivity index (χ1v) is 7.70. The lowest BCUT2D eigenvalue weighted by Crippen LogP contribution is -2.35. The van der Waals surface area contributed by atoms with E-state index in [1.165, 1.54) is 44.9 Å². The van der Waals surface area contributed by atoms with Gasteiger partial charge in [-0.1, -0.05) is 33.1 Å². The van der Waals surface area contributed by atoms with E-state index in [9.17, 15) is 0 Å². The van der Waals surface area contributed by atoms with Crippen LogP contribution < -0.4 is 5.32 Å². The quantitative estimate of drug-likeness (QED) is 0.734. The van der Waals surface area contributed by atoms with Crippen LogP contribution in [0.1, 0.15) is 65.2 Å². The zero-order chi connectivity index (χ0) is 12.1. The lowest BCUT2D eigenvalue weighted by molar-refractivity contribution is -0.0411. The molecule has 2 saturated carbocycles. The average molecular weight is 239 g/mol. The number of hydrogen-bond acceptors (Lipinski definition) is 2. The van der Waals surface area contributed by atoms with Gasteiger partial charge in [0.2, 0.25) is 0 Å². The standard InChI is InChI=1S/C15H29NO/c1-3-12-6-5-7-15(10-12)17-14(4-2)11-16-13-8-9-13/h12-16H,3-11H2,1-2H3. The van der Waals surface area contributed by atoms with E-state index in [0.29, 0.717) is 12.2 Å². The molecule has 2 heteroatoms. The molecular weight excluding hydrogens is 210 g/mol. The van der Waals surface area contributed by atoms with Crippen molar-refractivity contribution < 1.29 is 4.74 Å². The summed E-state index contributed by atoms with van der Waals surface area (Å²) in [5, 5.41) is 3.60. The van der Waals surface area contributed by atoms with Crippen LogP contribution in [0, 0.1) is 5.92 Å². The van der Waals surface area contributed by atoms with Crippen LogP contribution in [0.3, 0.4) is 0 Å². The number of hydrogen-bond donors (Lipinski definition) is 1. The Kier molecular flexibility index (Phi) is 5.30. The van der Waals surface area contributed by atoms with Gasteiger partial charge < -0.3 is 10.1 Å². The van der Waals surface area contributed by atoms with E-state index < -0.39 is 0 Å². The van der Waals surface area contributed by atoms with Crippen molar-refractivity contribution in [3.05, 3.63) is 0 Å². The van der Waals surface area contributed by atoms with Crippen molar-refractivity contribution in [1.82, 2.24) is 5.32 Å². The van der Waals surface area contributed by atoms with Gasteiger partial charge in [0.15, 0.2) is 0 Å². The molecule has 0 bridgehead atoms. The van der Waals surface area contributed by atoms with Crippen LogP contribution >= 0.6 is 0 Å². The Morgan fingerprint density at radius 2 is 2.00 bits per heavy atom. The third-order valence-electron chi connectivity index (χ3n) is 4.36. The Hall–Kier alpha value is -0.0800. The van der Waals surface area contributed by atoms with Gasteiger partial charge in [-0.3, -0.25) is 0 Å². The minimum atomic E-state index is 0.441. The van der Waals surface area contributed by atoms with E-state index in [1.807, 2.05) is 0 Å². The summed E-state index contributed by atoms with van der Waals surface area (Å²) in [4.78, 5) is 0. The first-order chi connectivity index (χ1) is 8.31. The van der Waals surface area contributed by atoms with E-state index in [-0.39, 0.29) is 0 Å². The van der Waals surface area contributed by atoms with Crippen LogP contribution in [0.15, 0.2) is 0 Å². The predicted octanol–water partition coefficient (Wildman–Crippen LogP) is 3.50. The molecule has 3 unspecified atom stereocenters. The number of rotatable bonds is 7. The Labute approximate surface area is 107 Å².